The Balaban J connectivity index is 2.55. The summed E-state index contributed by atoms with van der Waals surface area (Å²) < 4.78 is 1.43. The molecule has 2 rings (SSSR count). The van der Waals surface area contributed by atoms with Crippen molar-refractivity contribution in [3.05, 3.63) is 17.0 Å². The third kappa shape index (κ3) is 1.61. The minimum atomic E-state index is -1.19. The summed E-state index contributed by atoms with van der Waals surface area (Å²) in [4.78, 5) is 22.6. The van der Waals surface area contributed by atoms with Crippen LogP contribution in [0.3, 0.4) is 0 Å². The summed E-state index contributed by atoms with van der Waals surface area (Å²) in [5.41, 5.74) is 0.683. The van der Waals surface area contributed by atoms with Crippen LogP contribution in [0, 0.1) is 0 Å². The minimum Gasteiger partial charge on any atom is -0.476 e. The van der Waals surface area contributed by atoms with Gasteiger partial charge >= 0.3 is 5.97 Å². The zero-order chi connectivity index (χ0) is 11.7. The SMILES string of the molecule is O=C(O)c1nn(CCO)c2c1C(=O)CCC2. The van der Waals surface area contributed by atoms with E-state index in [1.54, 1.807) is 0 Å². The summed E-state index contributed by atoms with van der Waals surface area (Å²) >= 11 is 0. The Kier molecular flexibility index (Phi) is 2.74. The topological polar surface area (TPSA) is 92.4 Å². The second-order valence-electron chi connectivity index (χ2n) is 3.70. The number of carbonyl (C=O) groups excluding carboxylic acids is 1. The number of carbonyl (C=O) groups is 2. The molecule has 2 N–H and O–H groups in total. The maximum atomic E-state index is 11.6. The average Bonchev–Trinajstić information content (AvgIpc) is 2.60. The van der Waals surface area contributed by atoms with Gasteiger partial charge in [0.05, 0.1) is 24.4 Å². The van der Waals surface area contributed by atoms with Gasteiger partial charge in [0, 0.05) is 6.42 Å². The number of carboxylic acid groups (broad SMARTS) is 1. The van der Waals surface area contributed by atoms with Crippen LogP contribution >= 0.6 is 0 Å². The van der Waals surface area contributed by atoms with Gasteiger partial charge in [-0.25, -0.2) is 4.79 Å². The fourth-order valence-corrected chi connectivity index (χ4v) is 2.01. The van der Waals surface area contributed by atoms with Gasteiger partial charge in [0.1, 0.15) is 0 Å². The van der Waals surface area contributed by atoms with E-state index in [4.69, 9.17) is 10.2 Å². The number of aliphatic hydroxyl groups is 1. The second kappa shape index (κ2) is 4.05. The van der Waals surface area contributed by atoms with Gasteiger partial charge in [-0.1, -0.05) is 0 Å². The number of rotatable bonds is 3. The fraction of sp³-hybridized carbons (Fsp3) is 0.500. The summed E-state index contributed by atoms with van der Waals surface area (Å²) in [5, 5.41) is 21.7. The fourth-order valence-electron chi connectivity index (χ4n) is 2.01. The molecule has 0 unspecified atom stereocenters. The van der Waals surface area contributed by atoms with Crippen molar-refractivity contribution in [2.45, 2.75) is 25.8 Å². The summed E-state index contributed by atoms with van der Waals surface area (Å²) in [6.45, 7) is 0.101. The number of aliphatic hydroxyl groups excluding tert-OH is 1. The number of aromatic nitrogens is 2. The predicted octanol–water partition coefficient (Wildman–Crippen LogP) is 0.0926. The van der Waals surface area contributed by atoms with Crippen LogP contribution in [0.5, 0.6) is 0 Å². The highest BCUT2D eigenvalue weighted by Crippen LogP contribution is 2.24. The number of fused-ring (bicyclic) bond motifs is 1. The van der Waals surface area contributed by atoms with Gasteiger partial charge < -0.3 is 10.2 Å². The molecule has 0 radical (unpaired) electrons. The number of carboxylic acids is 1. The Bertz CT molecular complexity index is 450. The number of ketones is 1. The van der Waals surface area contributed by atoms with E-state index >= 15 is 0 Å². The number of aromatic carboxylic acids is 1. The molecule has 0 atom stereocenters. The molecule has 0 bridgehead atoms. The van der Waals surface area contributed by atoms with E-state index in [9.17, 15) is 9.59 Å². The van der Waals surface area contributed by atoms with Crippen LogP contribution in [-0.2, 0) is 13.0 Å². The molecule has 16 heavy (non-hydrogen) atoms. The van der Waals surface area contributed by atoms with Crippen molar-refractivity contribution < 1.29 is 19.8 Å². The molecule has 1 aromatic heterocycles. The van der Waals surface area contributed by atoms with E-state index in [0.29, 0.717) is 25.0 Å². The smallest absolute Gasteiger partial charge is 0.357 e. The highest BCUT2D eigenvalue weighted by molar-refractivity contribution is 6.06. The molecular weight excluding hydrogens is 212 g/mol. The van der Waals surface area contributed by atoms with Crippen LogP contribution in [0.15, 0.2) is 0 Å². The largest absolute Gasteiger partial charge is 0.476 e. The standard InChI is InChI=1S/C10H12N2O4/c13-5-4-12-6-2-1-3-7(14)8(6)9(11-12)10(15)16/h13H,1-5H2,(H,15,16). The van der Waals surface area contributed by atoms with Crippen molar-refractivity contribution in [2.24, 2.45) is 0 Å². The van der Waals surface area contributed by atoms with Crippen LogP contribution in [0.25, 0.3) is 0 Å². The minimum absolute atomic E-state index is 0.124. The molecule has 86 valence electrons. The number of hydrogen-bond acceptors (Lipinski definition) is 4. The highest BCUT2D eigenvalue weighted by atomic mass is 16.4. The lowest BCUT2D eigenvalue weighted by Crippen LogP contribution is -2.15. The Hall–Kier alpha value is -1.69. The van der Waals surface area contributed by atoms with E-state index in [1.807, 2.05) is 0 Å². The molecule has 1 aliphatic rings. The summed E-state index contributed by atoms with van der Waals surface area (Å²) in [6, 6.07) is 0. The average molecular weight is 224 g/mol. The quantitative estimate of drug-likeness (QED) is 0.759. The Labute approximate surface area is 91.5 Å². The molecule has 1 heterocycles. The van der Waals surface area contributed by atoms with Crippen LogP contribution in [0.4, 0.5) is 0 Å². The third-order valence-corrected chi connectivity index (χ3v) is 2.67. The molecule has 1 aliphatic carbocycles. The van der Waals surface area contributed by atoms with Gasteiger partial charge in [-0.3, -0.25) is 9.48 Å². The maximum absolute atomic E-state index is 11.6. The zero-order valence-corrected chi connectivity index (χ0v) is 8.64. The Morgan fingerprint density at radius 2 is 2.19 bits per heavy atom. The Morgan fingerprint density at radius 3 is 2.81 bits per heavy atom. The maximum Gasteiger partial charge on any atom is 0.357 e. The first-order valence-corrected chi connectivity index (χ1v) is 5.12. The molecule has 6 heteroatoms. The van der Waals surface area contributed by atoms with Crippen molar-refractivity contribution in [1.82, 2.24) is 9.78 Å². The van der Waals surface area contributed by atoms with Crippen molar-refractivity contribution in [1.29, 1.82) is 0 Å². The van der Waals surface area contributed by atoms with Crippen molar-refractivity contribution in [3.63, 3.8) is 0 Å². The first-order valence-electron chi connectivity index (χ1n) is 5.12. The second-order valence-corrected chi connectivity index (χ2v) is 3.70. The van der Waals surface area contributed by atoms with Crippen LogP contribution < -0.4 is 0 Å². The molecule has 1 aromatic rings. The van der Waals surface area contributed by atoms with E-state index in [0.717, 1.165) is 0 Å². The molecule has 0 saturated heterocycles. The molecular formula is C10H12N2O4. The summed E-state index contributed by atoms with van der Waals surface area (Å²) in [5.74, 6) is -1.36. The van der Waals surface area contributed by atoms with Crippen LogP contribution in [0.1, 0.15) is 39.4 Å². The molecule has 0 aromatic carbocycles. The number of Topliss-reactive ketones (excluding diaryl/α,β-unsaturated/α-hetero) is 1. The highest BCUT2D eigenvalue weighted by Gasteiger charge is 2.29. The van der Waals surface area contributed by atoms with Crippen molar-refractivity contribution in [2.75, 3.05) is 6.61 Å². The van der Waals surface area contributed by atoms with Gasteiger partial charge in [-0.05, 0) is 12.8 Å². The van der Waals surface area contributed by atoms with Gasteiger partial charge in [-0.15, -0.1) is 0 Å². The molecule has 0 aliphatic heterocycles. The third-order valence-electron chi connectivity index (χ3n) is 2.67. The molecule has 6 nitrogen and oxygen atoms in total. The number of hydrogen-bond donors (Lipinski definition) is 2. The molecule has 0 spiro atoms. The van der Waals surface area contributed by atoms with Gasteiger partial charge in [0.15, 0.2) is 11.5 Å². The van der Waals surface area contributed by atoms with E-state index in [1.165, 1.54) is 4.68 Å². The zero-order valence-electron chi connectivity index (χ0n) is 8.64. The lowest BCUT2D eigenvalue weighted by Gasteiger charge is -2.12. The molecule has 0 amide bonds. The van der Waals surface area contributed by atoms with Gasteiger partial charge in [-0.2, -0.15) is 5.10 Å². The van der Waals surface area contributed by atoms with E-state index in [2.05, 4.69) is 5.10 Å². The first-order chi connectivity index (χ1) is 7.65. The normalized spacial score (nSPS) is 14.9. The van der Waals surface area contributed by atoms with Gasteiger partial charge in [0.25, 0.3) is 0 Å². The molecule has 0 saturated carbocycles. The number of nitrogens with zero attached hydrogens (tertiary/aromatic N) is 2. The lowest BCUT2D eigenvalue weighted by atomic mass is 9.94. The van der Waals surface area contributed by atoms with E-state index < -0.39 is 5.97 Å². The first kappa shape index (κ1) is 10.8. The monoisotopic (exact) mass is 224 g/mol. The van der Waals surface area contributed by atoms with Crippen molar-refractivity contribution in [3.8, 4) is 0 Å². The van der Waals surface area contributed by atoms with Gasteiger partial charge in [0.2, 0.25) is 0 Å². The van der Waals surface area contributed by atoms with Crippen molar-refractivity contribution >= 4 is 11.8 Å². The van der Waals surface area contributed by atoms with E-state index in [-0.39, 0.29) is 30.2 Å². The summed E-state index contributed by atoms with van der Waals surface area (Å²) in [6.07, 6.45) is 1.72. The lowest BCUT2D eigenvalue weighted by molar-refractivity contribution is 0.0684. The molecule has 0 fully saturated rings. The van der Waals surface area contributed by atoms with Crippen LogP contribution in [0.2, 0.25) is 0 Å². The predicted molar refractivity (Wildman–Crippen MR) is 53.5 cm³/mol. The Morgan fingerprint density at radius 1 is 1.44 bits per heavy atom. The van der Waals surface area contributed by atoms with Crippen LogP contribution in [-0.4, -0.2) is 38.4 Å². The summed E-state index contributed by atoms with van der Waals surface area (Å²) in [7, 11) is 0.